The summed E-state index contributed by atoms with van der Waals surface area (Å²) in [4.78, 5) is 26.9. The number of nitrogens with zero attached hydrogens (tertiary/aromatic N) is 1. The van der Waals surface area contributed by atoms with E-state index in [1.165, 1.54) is 25.8 Å². The monoisotopic (exact) mass is 533 g/mol. The topological polar surface area (TPSA) is 105 Å². The van der Waals surface area contributed by atoms with Crippen molar-refractivity contribution in [3.8, 4) is 0 Å². The van der Waals surface area contributed by atoms with Crippen LogP contribution in [0.1, 0.15) is 32.6 Å². The molecule has 0 radical (unpaired) electrons. The third kappa shape index (κ3) is 7.00. The van der Waals surface area contributed by atoms with Crippen molar-refractivity contribution in [1.29, 1.82) is 0 Å². The Kier molecular flexibility index (Phi) is 9.27. The Labute approximate surface area is 217 Å². The molecule has 8 nitrogen and oxygen atoms in total. The highest BCUT2D eigenvalue weighted by Gasteiger charge is 2.36. The summed E-state index contributed by atoms with van der Waals surface area (Å²) < 4.78 is 34.1. The maximum atomic E-state index is 13.5. The Bertz CT molecular complexity index is 1170. The van der Waals surface area contributed by atoms with Gasteiger partial charge in [-0.15, -0.1) is 0 Å². The maximum Gasteiger partial charge on any atom is 0.302 e. The molecule has 2 aliphatic rings. The minimum Gasteiger partial charge on any atom is -0.464 e. The second-order valence-electron chi connectivity index (χ2n) is 9.54. The van der Waals surface area contributed by atoms with Crippen LogP contribution in [0, 0.1) is 5.92 Å². The molecular weight excluding hydrogens is 498 g/mol. The molecule has 10 heteroatoms. The minimum atomic E-state index is -4.02. The molecule has 2 atom stereocenters. The molecular formula is C26H35N3O5S2. The number of nitrogens with one attached hydrogen (secondary N) is 2. The molecule has 2 aromatic rings. The predicted molar refractivity (Wildman–Crippen MR) is 142 cm³/mol. The van der Waals surface area contributed by atoms with Gasteiger partial charge in [0.1, 0.15) is 12.6 Å². The van der Waals surface area contributed by atoms with Crippen LogP contribution in [0.5, 0.6) is 0 Å². The Hall–Kier alpha value is -2.14. The highest BCUT2D eigenvalue weighted by atomic mass is 32.2. The third-order valence-corrected chi connectivity index (χ3v) is 9.66. The first-order valence-corrected chi connectivity index (χ1v) is 15.2. The van der Waals surface area contributed by atoms with Gasteiger partial charge in [0.2, 0.25) is 15.9 Å². The normalized spacial score (nSPS) is 19.9. The van der Waals surface area contributed by atoms with E-state index in [0.29, 0.717) is 12.5 Å². The summed E-state index contributed by atoms with van der Waals surface area (Å²) in [5.41, 5.74) is 0. The molecule has 2 fully saturated rings. The first-order valence-electron chi connectivity index (χ1n) is 12.6. The van der Waals surface area contributed by atoms with Crippen molar-refractivity contribution < 1.29 is 22.7 Å². The lowest BCUT2D eigenvalue weighted by molar-refractivity contribution is -0.144. The standard InChI is InChI=1S/C26H35N3O5S2/c1-19(30)34-16-25(28-36(32,33)24-9-8-21-5-2-3-6-22(21)15-24)26(31)29-14-4-7-23(29)18-35-17-20-10-12-27-13-11-20/h2-3,5-6,8-9,15,20,23,25,27-28H,4,7,10-14,16-18H2,1H3/t23-,25-/m0/s1. The molecule has 196 valence electrons. The highest BCUT2D eigenvalue weighted by Crippen LogP contribution is 2.26. The Morgan fingerprint density at radius 1 is 1.11 bits per heavy atom. The van der Waals surface area contributed by atoms with Crippen molar-refractivity contribution in [2.24, 2.45) is 5.92 Å². The van der Waals surface area contributed by atoms with E-state index in [1.54, 1.807) is 17.0 Å². The SMILES string of the molecule is CC(=O)OC[C@H](NS(=O)(=O)c1ccc2ccccc2c1)C(=O)N1CCC[C@H]1CSCC1CCNCC1. The number of carbonyl (C=O) groups is 2. The predicted octanol–water partition coefficient (Wildman–Crippen LogP) is 2.77. The number of piperidine rings is 1. The van der Waals surface area contributed by atoms with Crippen LogP contribution in [0.2, 0.25) is 0 Å². The summed E-state index contributed by atoms with van der Waals surface area (Å²) in [6, 6.07) is 11.2. The van der Waals surface area contributed by atoms with Gasteiger partial charge in [0, 0.05) is 25.3 Å². The summed E-state index contributed by atoms with van der Waals surface area (Å²) in [6.45, 7) is 3.61. The van der Waals surface area contributed by atoms with Gasteiger partial charge in [-0.2, -0.15) is 16.5 Å². The van der Waals surface area contributed by atoms with E-state index in [0.717, 1.165) is 48.2 Å². The number of likely N-dealkylation sites (tertiary alicyclic amines) is 1. The van der Waals surface area contributed by atoms with Gasteiger partial charge in [0.25, 0.3) is 0 Å². The number of amides is 1. The molecule has 0 spiro atoms. The second-order valence-corrected chi connectivity index (χ2v) is 12.3. The van der Waals surface area contributed by atoms with Crippen molar-refractivity contribution in [2.75, 3.05) is 37.7 Å². The van der Waals surface area contributed by atoms with Crippen LogP contribution in [-0.4, -0.2) is 75.0 Å². The first kappa shape index (κ1) is 26.9. The summed E-state index contributed by atoms with van der Waals surface area (Å²) in [6.07, 6.45) is 4.13. The summed E-state index contributed by atoms with van der Waals surface area (Å²) in [5, 5.41) is 5.09. The van der Waals surface area contributed by atoms with E-state index in [-0.39, 0.29) is 23.5 Å². The number of ether oxygens (including phenoxy) is 1. The van der Waals surface area contributed by atoms with E-state index in [4.69, 9.17) is 4.74 Å². The van der Waals surface area contributed by atoms with Gasteiger partial charge in [0.15, 0.2) is 0 Å². The maximum absolute atomic E-state index is 13.5. The average molecular weight is 534 g/mol. The summed E-state index contributed by atoms with van der Waals surface area (Å²) in [7, 11) is -4.02. The van der Waals surface area contributed by atoms with Crippen molar-refractivity contribution in [1.82, 2.24) is 14.9 Å². The number of thioether (sulfide) groups is 1. The fourth-order valence-electron chi connectivity index (χ4n) is 4.86. The Morgan fingerprint density at radius 2 is 1.86 bits per heavy atom. The molecule has 0 aromatic heterocycles. The van der Waals surface area contributed by atoms with Crippen LogP contribution in [-0.2, 0) is 24.3 Å². The van der Waals surface area contributed by atoms with E-state index in [9.17, 15) is 18.0 Å². The van der Waals surface area contributed by atoms with E-state index in [2.05, 4.69) is 10.0 Å². The van der Waals surface area contributed by atoms with Crippen molar-refractivity contribution in [3.63, 3.8) is 0 Å². The molecule has 2 aliphatic heterocycles. The fourth-order valence-corrected chi connectivity index (χ4v) is 7.49. The van der Waals surface area contributed by atoms with Gasteiger partial charge in [0.05, 0.1) is 4.90 Å². The zero-order chi connectivity index (χ0) is 25.5. The number of sulfonamides is 1. The van der Waals surface area contributed by atoms with Gasteiger partial charge in [-0.3, -0.25) is 9.59 Å². The number of rotatable bonds is 10. The third-order valence-electron chi connectivity index (χ3n) is 6.86. The number of benzene rings is 2. The van der Waals surface area contributed by atoms with Crippen molar-refractivity contribution >= 4 is 44.4 Å². The van der Waals surface area contributed by atoms with Gasteiger partial charge >= 0.3 is 5.97 Å². The van der Waals surface area contributed by atoms with Crippen molar-refractivity contribution in [2.45, 2.75) is 49.6 Å². The van der Waals surface area contributed by atoms with Crippen LogP contribution in [0.25, 0.3) is 10.8 Å². The van der Waals surface area contributed by atoms with Crippen LogP contribution in [0.15, 0.2) is 47.4 Å². The van der Waals surface area contributed by atoms with Gasteiger partial charge in [-0.25, -0.2) is 8.42 Å². The molecule has 0 unspecified atom stereocenters. The zero-order valence-corrected chi connectivity index (χ0v) is 22.3. The smallest absolute Gasteiger partial charge is 0.302 e. The second kappa shape index (κ2) is 12.4. The fraction of sp³-hybridized carbons (Fsp3) is 0.538. The number of esters is 1. The summed E-state index contributed by atoms with van der Waals surface area (Å²) in [5.74, 6) is 1.70. The molecule has 2 N–H and O–H groups in total. The number of carbonyl (C=O) groups excluding carboxylic acids is 2. The zero-order valence-electron chi connectivity index (χ0n) is 20.6. The number of fused-ring (bicyclic) bond motifs is 1. The van der Waals surface area contributed by atoms with E-state index in [1.807, 2.05) is 36.0 Å². The van der Waals surface area contributed by atoms with Gasteiger partial charge in [-0.05, 0) is 73.3 Å². The lowest BCUT2D eigenvalue weighted by Gasteiger charge is -2.29. The van der Waals surface area contributed by atoms with Gasteiger partial charge < -0.3 is 15.0 Å². The van der Waals surface area contributed by atoms with E-state index < -0.39 is 22.0 Å². The van der Waals surface area contributed by atoms with Crippen molar-refractivity contribution in [3.05, 3.63) is 42.5 Å². The van der Waals surface area contributed by atoms with Crippen LogP contribution in [0.3, 0.4) is 0 Å². The van der Waals surface area contributed by atoms with E-state index >= 15 is 0 Å². The van der Waals surface area contributed by atoms with Crippen LogP contribution in [0.4, 0.5) is 0 Å². The van der Waals surface area contributed by atoms with Crippen LogP contribution >= 0.6 is 11.8 Å². The number of hydrogen-bond donors (Lipinski definition) is 2. The molecule has 2 saturated heterocycles. The molecule has 0 saturated carbocycles. The minimum absolute atomic E-state index is 0.0502. The highest BCUT2D eigenvalue weighted by molar-refractivity contribution is 7.99. The molecule has 1 amide bonds. The quantitative estimate of drug-likeness (QED) is 0.453. The molecule has 36 heavy (non-hydrogen) atoms. The lowest BCUT2D eigenvalue weighted by atomic mass is 10.0. The lowest BCUT2D eigenvalue weighted by Crippen LogP contribution is -2.52. The summed E-state index contributed by atoms with van der Waals surface area (Å²) >= 11 is 1.87. The molecule has 4 rings (SSSR count). The number of hydrogen-bond acceptors (Lipinski definition) is 7. The average Bonchev–Trinajstić information content (AvgIpc) is 3.35. The van der Waals surface area contributed by atoms with Gasteiger partial charge in [-0.1, -0.05) is 30.3 Å². The first-order chi connectivity index (χ1) is 17.3. The Balaban J connectivity index is 1.44. The molecule has 2 heterocycles. The molecule has 0 aliphatic carbocycles. The molecule has 2 aromatic carbocycles. The Morgan fingerprint density at radius 3 is 2.61 bits per heavy atom. The molecule has 0 bridgehead atoms. The largest absolute Gasteiger partial charge is 0.464 e. The van der Waals surface area contributed by atoms with Crippen LogP contribution < -0.4 is 10.0 Å².